The molecule has 0 radical (unpaired) electrons. The number of hydrogen-bond donors (Lipinski definition) is 1. The summed E-state index contributed by atoms with van der Waals surface area (Å²) in [5, 5.41) is 0. The minimum absolute atomic E-state index is 0.597. The zero-order valence-electron chi connectivity index (χ0n) is 4.78. The molecule has 0 amide bonds. The van der Waals surface area contributed by atoms with Gasteiger partial charge in [0.2, 0.25) is 0 Å². The molecule has 0 saturated heterocycles. The maximum absolute atomic E-state index is 4.64. The quantitative estimate of drug-likeness (QED) is 0.471. The molecule has 48 valence electrons. The van der Waals surface area contributed by atoms with Gasteiger partial charge in [-0.3, -0.25) is 0 Å². The van der Waals surface area contributed by atoms with Gasteiger partial charge in [-0.25, -0.2) is 0 Å². The Morgan fingerprint density at radius 3 is 2.33 bits per heavy atom. The van der Waals surface area contributed by atoms with Gasteiger partial charge >= 0.3 is 0 Å². The summed E-state index contributed by atoms with van der Waals surface area (Å²) < 4.78 is 0. The van der Waals surface area contributed by atoms with E-state index in [1.54, 1.807) is 12.1 Å². The van der Waals surface area contributed by atoms with E-state index in [-0.39, 0.29) is 0 Å². The SMILES string of the molecule is NOOc1ccccc1. The van der Waals surface area contributed by atoms with E-state index in [0.717, 1.165) is 0 Å². The fraction of sp³-hybridized carbons (Fsp3) is 0. The monoisotopic (exact) mass is 125 g/mol. The second kappa shape index (κ2) is 3.06. The first kappa shape index (κ1) is 6.07. The smallest absolute Gasteiger partial charge is 0.167 e. The first-order valence-electron chi connectivity index (χ1n) is 2.52. The third kappa shape index (κ3) is 1.71. The van der Waals surface area contributed by atoms with E-state index in [1.807, 2.05) is 18.2 Å². The van der Waals surface area contributed by atoms with Crippen LogP contribution in [0.5, 0.6) is 5.75 Å². The summed E-state index contributed by atoms with van der Waals surface area (Å²) in [5.41, 5.74) is 0. The van der Waals surface area contributed by atoms with Crippen LogP contribution in [0.25, 0.3) is 0 Å². The van der Waals surface area contributed by atoms with Gasteiger partial charge in [-0.1, -0.05) is 23.2 Å². The summed E-state index contributed by atoms with van der Waals surface area (Å²) in [6, 6.07) is 9.02. The predicted molar refractivity (Wildman–Crippen MR) is 32.3 cm³/mol. The van der Waals surface area contributed by atoms with Crippen LogP contribution in [0.2, 0.25) is 0 Å². The second-order valence-electron chi connectivity index (χ2n) is 1.49. The maximum atomic E-state index is 4.64. The average Bonchev–Trinajstić information content (AvgIpc) is 1.91. The molecule has 0 aromatic heterocycles. The van der Waals surface area contributed by atoms with Crippen molar-refractivity contribution in [2.24, 2.45) is 5.90 Å². The van der Waals surface area contributed by atoms with Crippen molar-refractivity contribution in [1.29, 1.82) is 0 Å². The van der Waals surface area contributed by atoms with E-state index in [1.165, 1.54) is 0 Å². The minimum atomic E-state index is 0.597. The van der Waals surface area contributed by atoms with E-state index in [0.29, 0.717) is 5.75 Å². The molecule has 2 N–H and O–H groups in total. The lowest BCUT2D eigenvalue weighted by atomic mass is 10.3. The van der Waals surface area contributed by atoms with Gasteiger partial charge in [0, 0.05) is 0 Å². The van der Waals surface area contributed by atoms with Crippen LogP contribution in [0.3, 0.4) is 0 Å². The van der Waals surface area contributed by atoms with Crippen molar-refractivity contribution in [2.45, 2.75) is 0 Å². The van der Waals surface area contributed by atoms with Crippen LogP contribution in [0, 0.1) is 0 Å². The molecule has 0 atom stereocenters. The van der Waals surface area contributed by atoms with E-state index in [4.69, 9.17) is 0 Å². The number of nitrogens with two attached hydrogens (primary N) is 1. The van der Waals surface area contributed by atoms with Crippen LogP contribution in [0.1, 0.15) is 0 Å². The van der Waals surface area contributed by atoms with Gasteiger partial charge in [0.05, 0.1) is 0 Å². The highest BCUT2D eigenvalue weighted by Crippen LogP contribution is 2.06. The maximum Gasteiger partial charge on any atom is 0.167 e. The molecule has 3 heteroatoms. The van der Waals surface area contributed by atoms with Crippen LogP contribution in [0.4, 0.5) is 0 Å². The lowest BCUT2D eigenvalue weighted by Gasteiger charge is -1.95. The van der Waals surface area contributed by atoms with E-state index < -0.39 is 0 Å². The Morgan fingerprint density at radius 1 is 1.11 bits per heavy atom. The number of benzene rings is 1. The molecule has 1 aromatic rings. The van der Waals surface area contributed by atoms with Gasteiger partial charge in [0.15, 0.2) is 5.75 Å². The largest absolute Gasteiger partial charge is 0.320 e. The van der Waals surface area contributed by atoms with Crippen LogP contribution in [0.15, 0.2) is 30.3 Å². The van der Waals surface area contributed by atoms with Gasteiger partial charge in [0.25, 0.3) is 0 Å². The Morgan fingerprint density at radius 2 is 1.78 bits per heavy atom. The van der Waals surface area contributed by atoms with Crippen molar-refractivity contribution in [3.63, 3.8) is 0 Å². The molecule has 1 rings (SSSR count). The highest BCUT2D eigenvalue weighted by Gasteiger charge is 1.86. The van der Waals surface area contributed by atoms with Crippen molar-refractivity contribution in [1.82, 2.24) is 0 Å². The molecular formula is C6H7NO2. The molecule has 0 aliphatic carbocycles. The molecule has 9 heavy (non-hydrogen) atoms. The topological polar surface area (TPSA) is 44.5 Å². The first-order valence-corrected chi connectivity index (χ1v) is 2.52. The summed E-state index contributed by atoms with van der Waals surface area (Å²) in [5.74, 6) is 5.24. The van der Waals surface area contributed by atoms with Crippen LogP contribution < -0.4 is 10.8 Å². The zero-order chi connectivity index (χ0) is 6.53. The number of para-hydroxylation sites is 1. The van der Waals surface area contributed by atoms with Crippen LogP contribution in [-0.2, 0) is 4.99 Å². The second-order valence-corrected chi connectivity index (χ2v) is 1.49. The lowest BCUT2D eigenvalue weighted by Crippen LogP contribution is -2.02. The summed E-state index contributed by atoms with van der Waals surface area (Å²) in [4.78, 5) is 8.41. The normalized spacial score (nSPS) is 9.00. The molecule has 0 bridgehead atoms. The molecule has 1 aromatic carbocycles. The third-order valence-corrected chi connectivity index (χ3v) is 0.888. The van der Waals surface area contributed by atoms with Crippen LogP contribution in [-0.4, -0.2) is 0 Å². The summed E-state index contributed by atoms with van der Waals surface area (Å²) in [6.45, 7) is 0. The Kier molecular flexibility index (Phi) is 2.06. The molecule has 0 saturated carbocycles. The molecule has 0 spiro atoms. The van der Waals surface area contributed by atoms with Gasteiger partial charge < -0.3 is 4.89 Å². The standard InChI is InChI=1S/C6H7NO2/c7-9-8-6-4-2-1-3-5-6/h1-5H,7H2. The van der Waals surface area contributed by atoms with Crippen molar-refractivity contribution >= 4 is 0 Å². The lowest BCUT2D eigenvalue weighted by molar-refractivity contribution is -0.211. The van der Waals surface area contributed by atoms with Crippen molar-refractivity contribution in [3.05, 3.63) is 30.3 Å². The molecule has 0 fully saturated rings. The van der Waals surface area contributed by atoms with Gasteiger partial charge in [-0.2, -0.15) is 5.90 Å². The molecule has 3 nitrogen and oxygen atoms in total. The number of rotatable bonds is 2. The number of hydrogen-bond acceptors (Lipinski definition) is 3. The first-order chi connectivity index (χ1) is 4.43. The zero-order valence-corrected chi connectivity index (χ0v) is 4.78. The van der Waals surface area contributed by atoms with E-state index in [9.17, 15) is 0 Å². The van der Waals surface area contributed by atoms with Crippen molar-refractivity contribution in [3.8, 4) is 5.75 Å². The molecule has 0 aliphatic heterocycles. The Hall–Kier alpha value is -1.06. The van der Waals surface area contributed by atoms with Crippen molar-refractivity contribution in [2.75, 3.05) is 0 Å². The Labute approximate surface area is 52.9 Å². The Bertz CT molecular complexity index is 164. The molecular weight excluding hydrogens is 118 g/mol. The van der Waals surface area contributed by atoms with Gasteiger partial charge in [0.1, 0.15) is 0 Å². The third-order valence-electron chi connectivity index (χ3n) is 0.888. The summed E-state index contributed by atoms with van der Waals surface area (Å²) >= 11 is 0. The molecule has 0 aliphatic rings. The summed E-state index contributed by atoms with van der Waals surface area (Å²) in [6.07, 6.45) is 0. The molecule has 0 heterocycles. The fourth-order valence-electron chi connectivity index (χ4n) is 0.532. The van der Waals surface area contributed by atoms with Crippen LogP contribution >= 0.6 is 0 Å². The average molecular weight is 125 g/mol. The highest BCUT2D eigenvalue weighted by molar-refractivity contribution is 5.19. The van der Waals surface area contributed by atoms with Crippen molar-refractivity contribution < 1.29 is 9.88 Å². The minimum Gasteiger partial charge on any atom is -0.320 e. The van der Waals surface area contributed by atoms with Gasteiger partial charge in [-0.05, 0) is 12.1 Å². The van der Waals surface area contributed by atoms with E-state index in [2.05, 4.69) is 15.8 Å². The van der Waals surface area contributed by atoms with Gasteiger partial charge in [-0.15, -0.1) is 0 Å². The Balaban J connectivity index is 2.61. The fourth-order valence-corrected chi connectivity index (χ4v) is 0.532. The predicted octanol–water partition coefficient (Wildman–Crippen LogP) is 0.871. The highest BCUT2D eigenvalue weighted by atomic mass is 17.3. The summed E-state index contributed by atoms with van der Waals surface area (Å²) in [7, 11) is 0. The molecule has 0 unspecified atom stereocenters. The van der Waals surface area contributed by atoms with E-state index >= 15 is 0 Å².